The van der Waals surface area contributed by atoms with Crippen LogP contribution >= 0.6 is 0 Å². The fraction of sp³-hybridized carbons (Fsp3) is 0.714. The molecular formula is C14H20O10. The summed E-state index contributed by atoms with van der Waals surface area (Å²) in [6.07, 6.45) is -2.18. The molecule has 0 radical (unpaired) electrons. The predicted molar refractivity (Wildman–Crippen MR) is 74.5 cm³/mol. The van der Waals surface area contributed by atoms with Crippen molar-refractivity contribution >= 4 is 23.1 Å². The van der Waals surface area contributed by atoms with Crippen LogP contribution in [0.3, 0.4) is 0 Å². The predicted octanol–water partition coefficient (Wildman–Crippen LogP) is -3.38. The number of carbonyl (C=O) groups excluding carboxylic acids is 4. The smallest absolute Gasteiger partial charge is 0.267 e. The van der Waals surface area contributed by atoms with Gasteiger partial charge in [-0.2, -0.15) is 0 Å². The molecule has 5 N–H and O–H groups in total. The van der Waals surface area contributed by atoms with E-state index in [1.165, 1.54) is 0 Å². The van der Waals surface area contributed by atoms with Crippen LogP contribution in [0, 0.1) is 0 Å². The van der Waals surface area contributed by atoms with Crippen molar-refractivity contribution in [2.45, 2.75) is 56.4 Å². The lowest BCUT2D eigenvalue weighted by Gasteiger charge is -2.59. The van der Waals surface area contributed by atoms with E-state index in [9.17, 15) is 44.7 Å². The SMILES string of the molecule is CC(=O)C1(O)O[C@H](CO)[C@](O)(C(C)=O)[C@@](O)(C(C)=O)[C@]1(O)C(C)=O. The van der Waals surface area contributed by atoms with Gasteiger partial charge in [0.25, 0.3) is 5.79 Å². The van der Waals surface area contributed by atoms with Gasteiger partial charge in [-0.15, -0.1) is 0 Å². The maximum atomic E-state index is 12.1. The third-order valence-corrected chi connectivity index (χ3v) is 4.54. The first-order valence-electron chi connectivity index (χ1n) is 6.91. The third kappa shape index (κ3) is 1.98. The molecule has 0 aromatic rings. The van der Waals surface area contributed by atoms with Gasteiger partial charge in [-0.05, 0) is 20.8 Å². The van der Waals surface area contributed by atoms with Crippen molar-refractivity contribution in [2.75, 3.05) is 6.61 Å². The Balaban J connectivity index is 4.05. The first-order chi connectivity index (χ1) is 10.7. The van der Waals surface area contributed by atoms with Crippen LogP contribution in [-0.4, -0.2) is 84.0 Å². The molecule has 24 heavy (non-hydrogen) atoms. The second-order valence-electron chi connectivity index (χ2n) is 5.85. The molecule has 0 saturated carbocycles. The lowest BCUT2D eigenvalue weighted by Crippen LogP contribution is -2.90. The summed E-state index contributed by atoms with van der Waals surface area (Å²) in [4.78, 5) is 47.9. The van der Waals surface area contributed by atoms with E-state index in [0.29, 0.717) is 27.7 Å². The number of ether oxygens (including phenoxy) is 1. The van der Waals surface area contributed by atoms with Crippen molar-refractivity contribution < 1.29 is 49.4 Å². The Morgan fingerprint density at radius 3 is 1.46 bits per heavy atom. The van der Waals surface area contributed by atoms with Crippen molar-refractivity contribution in [3.8, 4) is 0 Å². The highest BCUT2D eigenvalue weighted by Gasteiger charge is 2.83. The maximum Gasteiger partial charge on any atom is 0.267 e. The standard InChI is InChI=1S/C14H20O10/c1-6(16)11(20)10(5-15)24-14(23,9(4)19)13(22,8(3)18)12(11,21)7(2)17/h10,15,20-23H,5H2,1-4H3/t10-,11-,12+,13-,14?/m1/s1. The lowest BCUT2D eigenvalue weighted by molar-refractivity contribution is -0.390. The molecule has 1 unspecified atom stereocenters. The molecule has 10 nitrogen and oxygen atoms in total. The number of hydrogen-bond donors (Lipinski definition) is 5. The molecule has 1 fully saturated rings. The lowest BCUT2D eigenvalue weighted by atomic mass is 9.57. The molecule has 1 aliphatic rings. The van der Waals surface area contributed by atoms with E-state index in [1.807, 2.05) is 0 Å². The minimum Gasteiger partial charge on any atom is -0.394 e. The second kappa shape index (κ2) is 5.76. The zero-order valence-electron chi connectivity index (χ0n) is 13.6. The van der Waals surface area contributed by atoms with Gasteiger partial charge in [0.1, 0.15) is 6.10 Å². The maximum absolute atomic E-state index is 12.1. The zero-order chi connectivity index (χ0) is 19.3. The molecule has 1 rings (SSSR count). The minimum atomic E-state index is -3.70. The van der Waals surface area contributed by atoms with Crippen molar-refractivity contribution in [3.05, 3.63) is 0 Å². The molecule has 136 valence electrons. The number of hydrogen-bond acceptors (Lipinski definition) is 10. The van der Waals surface area contributed by atoms with Crippen LogP contribution < -0.4 is 0 Å². The van der Waals surface area contributed by atoms with Crippen LogP contribution in [0.25, 0.3) is 0 Å². The minimum absolute atomic E-state index is 0.616. The summed E-state index contributed by atoms with van der Waals surface area (Å²) < 4.78 is 4.79. The summed E-state index contributed by atoms with van der Waals surface area (Å²) in [6.45, 7) is 1.40. The highest BCUT2D eigenvalue weighted by atomic mass is 16.7. The van der Waals surface area contributed by atoms with Crippen LogP contribution in [0.2, 0.25) is 0 Å². The molecule has 0 aromatic heterocycles. The first-order valence-corrected chi connectivity index (χ1v) is 6.91. The Kier molecular flexibility index (Phi) is 4.92. The van der Waals surface area contributed by atoms with E-state index in [2.05, 4.69) is 0 Å². The fourth-order valence-corrected chi connectivity index (χ4v) is 3.14. The van der Waals surface area contributed by atoms with Gasteiger partial charge in [0.15, 0.2) is 28.7 Å². The third-order valence-electron chi connectivity index (χ3n) is 4.54. The zero-order valence-corrected chi connectivity index (χ0v) is 13.6. The summed E-state index contributed by atoms with van der Waals surface area (Å²) in [6, 6.07) is 0. The van der Waals surface area contributed by atoms with E-state index >= 15 is 0 Å². The van der Waals surface area contributed by atoms with E-state index in [-0.39, 0.29) is 0 Å². The highest BCUT2D eigenvalue weighted by molar-refractivity contribution is 6.08. The largest absolute Gasteiger partial charge is 0.394 e. The topological polar surface area (TPSA) is 179 Å². The first kappa shape index (κ1) is 20.5. The van der Waals surface area contributed by atoms with Crippen molar-refractivity contribution in [3.63, 3.8) is 0 Å². The molecule has 0 amide bonds. The average molecular weight is 348 g/mol. The van der Waals surface area contributed by atoms with Crippen molar-refractivity contribution in [2.24, 2.45) is 0 Å². The number of carbonyl (C=O) groups is 4. The summed E-state index contributed by atoms with van der Waals surface area (Å²) >= 11 is 0. The molecule has 1 aliphatic heterocycles. The molecule has 0 bridgehead atoms. The Bertz CT molecular complexity index is 615. The van der Waals surface area contributed by atoms with Crippen LogP contribution in [0.15, 0.2) is 0 Å². The van der Waals surface area contributed by atoms with E-state index in [1.54, 1.807) is 0 Å². The molecule has 0 spiro atoms. The van der Waals surface area contributed by atoms with Gasteiger partial charge in [-0.1, -0.05) is 0 Å². The van der Waals surface area contributed by atoms with Crippen LogP contribution in [0.5, 0.6) is 0 Å². The summed E-state index contributed by atoms with van der Waals surface area (Å²) in [5.74, 6) is -9.25. The summed E-state index contributed by atoms with van der Waals surface area (Å²) in [5, 5.41) is 52.0. The Morgan fingerprint density at radius 2 is 1.21 bits per heavy atom. The fourth-order valence-electron chi connectivity index (χ4n) is 3.14. The normalized spacial score (nSPS) is 42.5. The van der Waals surface area contributed by atoms with Crippen LogP contribution in [-0.2, 0) is 23.9 Å². The second-order valence-corrected chi connectivity index (χ2v) is 5.85. The molecule has 0 aromatic carbocycles. The monoisotopic (exact) mass is 348 g/mol. The van der Waals surface area contributed by atoms with E-state index in [0.717, 1.165) is 0 Å². The van der Waals surface area contributed by atoms with Crippen LogP contribution in [0.4, 0.5) is 0 Å². The number of Topliss-reactive ketones (excluding diaryl/α,β-unsaturated/α-hetero) is 4. The Labute approximate surface area is 136 Å². The summed E-state index contributed by atoms with van der Waals surface area (Å²) in [7, 11) is 0. The van der Waals surface area contributed by atoms with Gasteiger partial charge in [0, 0.05) is 6.92 Å². The number of ketones is 4. The highest BCUT2D eigenvalue weighted by Crippen LogP contribution is 2.50. The number of rotatable bonds is 5. The molecule has 10 heteroatoms. The Morgan fingerprint density at radius 1 is 0.792 bits per heavy atom. The van der Waals surface area contributed by atoms with Gasteiger partial charge in [-0.3, -0.25) is 19.2 Å². The van der Waals surface area contributed by atoms with Crippen LogP contribution in [0.1, 0.15) is 27.7 Å². The van der Waals surface area contributed by atoms with Gasteiger partial charge in [0.05, 0.1) is 6.61 Å². The van der Waals surface area contributed by atoms with Gasteiger partial charge in [-0.25, -0.2) is 0 Å². The van der Waals surface area contributed by atoms with E-state index < -0.39 is 58.4 Å². The quantitative estimate of drug-likeness (QED) is 0.336. The number of aliphatic hydroxyl groups excluding tert-OH is 1. The average Bonchev–Trinajstić information content (AvgIpc) is 2.47. The van der Waals surface area contributed by atoms with Gasteiger partial charge < -0.3 is 30.3 Å². The molecule has 1 saturated heterocycles. The van der Waals surface area contributed by atoms with Gasteiger partial charge >= 0.3 is 0 Å². The molecule has 0 aliphatic carbocycles. The molecule has 1 heterocycles. The molecular weight excluding hydrogens is 328 g/mol. The molecule has 5 atom stereocenters. The van der Waals surface area contributed by atoms with Crippen molar-refractivity contribution in [1.29, 1.82) is 0 Å². The summed E-state index contributed by atoms with van der Waals surface area (Å²) in [5.41, 5.74) is -10.7. The Hall–Kier alpha value is -1.56. The van der Waals surface area contributed by atoms with Crippen molar-refractivity contribution in [1.82, 2.24) is 0 Å². The number of aliphatic hydroxyl groups is 5. The van der Waals surface area contributed by atoms with E-state index in [4.69, 9.17) is 4.74 Å². The van der Waals surface area contributed by atoms with Gasteiger partial charge in [0.2, 0.25) is 11.2 Å².